The van der Waals surface area contributed by atoms with Gasteiger partial charge in [0, 0.05) is 5.69 Å². The number of fused-ring (bicyclic) bond motifs is 1. The van der Waals surface area contributed by atoms with Crippen molar-refractivity contribution in [1.29, 1.82) is 0 Å². The van der Waals surface area contributed by atoms with Crippen LogP contribution in [0, 0.1) is 24.0 Å². The Morgan fingerprint density at radius 3 is 2.73 bits per heavy atom. The lowest BCUT2D eigenvalue weighted by atomic mass is 10.3. The highest BCUT2D eigenvalue weighted by atomic mass is 32.1. The number of aromatic nitrogens is 5. The Hall–Kier alpha value is -3.40. The third-order valence-corrected chi connectivity index (χ3v) is 4.67. The number of benzene rings is 1. The minimum Gasteiger partial charge on any atom is -0.310 e. The smallest absolute Gasteiger partial charge is 0.310 e. The van der Waals surface area contributed by atoms with Crippen molar-refractivity contribution in [3.05, 3.63) is 58.2 Å². The molecule has 0 amide bonds. The molecule has 4 rings (SSSR count). The first-order chi connectivity index (χ1) is 12.5. The first-order valence-corrected chi connectivity index (χ1v) is 8.50. The Labute approximate surface area is 151 Å². The molecule has 4 aromatic rings. The lowest BCUT2D eigenvalue weighted by Gasteiger charge is -2.07. The van der Waals surface area contributed by atoms with E-state index in [2.05, 4.69) is 25.4 Å². The number of thiazole rings is 1. The summed E-state index contributed by atoms with van der Waals surface area (Å²) in [4.78, 5) is 23.8. The van der Waals surface area contributed by atoms with Crippen molar-refractivity contribution in [2.75, 3.05) is 5.32 Å². The van der Waals surface area contributed by atoms with Crippen LogP contribution in [0.3, 0.4) is 0 Å². The lowest BCUT2D eigenvalue weighted by Crippen LogP contribution is -2.09. The van der Waals surface area contributed by atoms with Gasteiger partial charge in [0.15, 0.2) is 5.13 Å². The van der Waals surface area contributed by atoms with E-state index in [1.165, 1.54) is 22.3 Å². The molecule has 0 aliphatic carbocycles. The summed E-state index contributed by atoms with van der Waals surface area (Å²) in [5.74, 6) is 0.186. The molecule has 0 atom stereocenters. The van der Waals surface area contributed by atoms with Gasteiger partial charge in [-0.15, -0.1) is 0 Å². The maximum atomic E-state index is 11.7. The maximum absolute atomic E-state index is 11.7. The van der Waals surface area contributed by atoms with E-state index < -0.39 is 4.92 Å². The Kier molecular flexibility index (Phi) is 3.81. The number of nitro groups is 1. The van der Waals surface area contributed by atoms with Crippen molar-refractivity contribution in [3.63, 3.8) is 0 Å². The third kappa shape index (κ3) is 2.75. The fourth-order valence-electron chi connectivity index (χ4n) is 2.65. The summed E-state index contributed by atoms with van der Waals surface area (Å²) in [5, 5.41) is 19.5. The van der Waals surface area contributed by atoms with Crippen LogP contribution in [0.15, 0.2) is 36.7 Å². The van der Waals surface area contributed by atoms with Gasteiger partial charge in [-0.1, -0.05) is 23.5 Å². The Balaban J connectivity index is 1.82. The number of nitrogens with one attached hydrogen (secondary N) is 1. The van der Waals surface area contributed by atoms with Crippen molar-refractivity contribution in [1.82, 2.24) is 24.7 Å². The molecule has 0 fully saturated rings. The number of anilines is 2. The van der Waals surface area contributed by atoms with Crippen molar-refractivity contribution < 1.29 is 4.92 Å². The Morgan fingerprint density at radius 1 is 1.23 bits per heavy atom. The van der Waals surface area contributed by atoms with Gasteiger partial charge in [-0.3, -0.25) is 10.1 Å². The predicted molar refractivity (Wildman–Crippen MR) is 98.2 cm³/mol. The Morgan fingerprint density at radius 2 is 2.04 bits per heavy atom. The van der Waals surface area contributed by atoms with Crippen LogP contribution in [-0.4, -0.2) is 29.7 Å². The fourth-order valence-corrected chi connectivity index (χ4v) is 3.52. The number of rotatable bonds is 4. The second-order valence-corrected chi connectivity index (χ2v) is 6.63. The molecular formula is C16H13N7O2S. The van der Waals surface area contributed by atoms with Crippen LogP contribution in [0.5, 0.6) is 0 Å². The van der Waals surface area contributed by atoms with E-state index in [-0.39, 0.29) is 17.3 Å². The highest BCUT2D eigenvalue weighted by molar-refractivity contribution is 7.22. The first kappa shape index (κ1) is 16.1. The van der Waals surface area contributed by atoms with Crippen molar-refractivity contribution in [2.45, 2.75) is 13.8 Å². The van der Waals surface area contributed by atoms with E-state index in [0.717, 1.165) is 21.6 Å². The first-order valence-electron chi connectivity index (χ1n) is 7.68. The predicted octanol–water partition coefficient (Wildman–Crippen LogP) is 3.54. The van der Waals surface area contributed by atoms with E-state index in [9.17, 15) is 10.1 Å². The summed E-state index contributed by atoms with van der Waals surface area (Å²) < 4.78 is 2.42. The summed E-state index contributed by atoms with van der Waals surface area (Å²) in [5.41, 5.74) is 2.06. The molecular weight excluding hydrogens is 354 g/mol. The molecule has 0 bridgehead atoms. The number of hydrogen-bond acceptors (Lipinski definition) is 8. The fraction of sp³-hybridized carbons (Fsp3) is 0.125. The van der Waals surface area contributed by atoms with E-state index in [1.807, 2.05) is 44.2 Å². The van der Waals surface area contributed by atoms with Crippen LogP contribution < -0.4 is 5.32 Å². The summed E-state index contributed by atoms with van der Waals surface area (Å²) in [6.07, 6.45) is 1.27. The van der Waals surface area contributed by atoms with Gasteiger partial charge in [-0.2, -0.15) is 5.10 Å². The number of nitrogens with zero attached hydrogens (tertiary/aromatic N) is 6. The van der Waals surface area contributed by atoms with Gasteiger partial charge in [0.1, 0.15) is 6.33 Å². The summed E-state index contributed by atoms with van der Waals surface area (Å²) >= 11 is 1.39. The van der Waals surface area contributed by atoms with Crippen molar-refractivity contribution in [2.24, 2.45) is 0 Å². The average Bonchev–Trinajstić information content (AvgIpc) is 3.16. The minimum atomic E-state index is -0.512. The van der Waals surface area contributed by atoms with Crippen LogP contribution >= 0.6 is 11.3 Å². The molecule has 0 saturated heterocycles. The molecule has 26 heavy (non-hydrogen) atoms. The molecule has 0 aliphatic heterocycles. The van der Waals surface area contributed by atoms with Gasteiger partial charge < -0.3 is 5.32 Å². The largest absolute Gasteiger partial charge is 0.356 e. The van der Waals surface area contributed by atoms with Crippen molar-refractivity contribution >= 4 is 38.2 Å². The van der Waals surface area contributed by atoms with Crippen LogP contribution in [0.1, 0.15) is 11.4 Å². The lowest BCUT2D eigenvalue weighted by molar-refractivity contribution is -0.384. The van der Waals surface area contributed by atoms with Crippen LogP contribution in [0.4, 0.5) is 16.6 Å². The maximum Gasteiger partial charge on any atom is 0.356 e. The van der Waals surface area contributed by atoms with Crippen LogP contribution in [0.2, 0.25) is 0 Å². The molecule has 1 aromatic carbocycles. The molecule has 1 N–H and O–H groups in total. The monoisotopic (exact) mass is 367 g/mol. The Bertz CT molecular complexity index is 1100. The van der Waals surface area contributed by atoms with Crippen LogP contribution in [-0.2, 0) is 0 Å². The van der Waals surface area contributed by atoms with Gasteiger partial charge in [0.2, 0.25) is 11.6 Å². The van der Waals surface area contributed by atoms with Gasteiger partial charge in [-0.05, 0) is 32.0 Å². The SMILES string of the molecule is Cc1cc(C)n(-c2ncnc(Nc3nc4ccccc4s3)c2[N+](=O)[O-])n1. The van der Waals surface area contributed by atoms with Crippen molar-refractivity contribution in [3.8, 4) is 5.82 Å². The average molecular weight is 367 g/mol. The van der Waals surface area contributed by atoms with Gasteiger partial charge in [0.05, 0.1) is 20.8 Å². The zero-order valence-corrected chi connectivity index (χ0v) is 14.7. The topological polar surface area (TPSA) is 112 Å². The third-order valence-electron chi connectivity index (χ3n) is 3.71. The molecule has 0 aliphatic rings. The highest BCUT2D eigenvalue weighted by Gasteiger charge is 2.26. The molecule has 0 radical (unpaired) electrons. The minimum absolute atomic E-state index is 0.0756. The molecule has 9 nitrogen and oxygen atoms in total. The van der Waals surface area contributed by atoms with Gasteiger partial charge in [0.25, 0.3) is 0 Å². The quantitative estimate of drug-likeness (QED) is 0.433. The summed E-state index contributed by atoms with van der Waals surface area (Å²) in [7, 11) is 0. The number of hydrogen-bond donors (Lipinski definition) is 1. The van der Waals surface area contributed by atoms with Gasteiger partial charge >= 0.3 is 5.69 Å². The molecule has 3 heterocycles. The zero-order valence-electron chi connectivity index (χ0n) is 13.9. The zero-order chi connectivity index (χ0) is 18.3. The molecule has 0 unspecified atom stereocenters. The normalized spacial score (nSPS) is 11.0. The highest BCUT2D eigenvalue weighted by Crippen LogP contribution is 2.33. The van der Waals surface area contributed by atoms with E-state index in [0.29, 0.717) is 5.13 Å². The van der Waals surface area contributed by atoms with Crippen LogP contribution in [0.25, 0.3) is 16.0 Å². The second kappa shape index (κ2) is 6.15. The number of aryl methyl sites for hydroxylation is 2. The van der Waals surface area contributed by atoms with Gasteiger partial charge in [-0.25, -0.2) is 19.6 Å². The van der Waals surface area contributed by atoms with E-state index in [4.69, 9.17) is 0 Å². The molecule has 0 spiro atoms. The summed E-state index contributed by atoms with van der Waals surface area (Å²) in [6, 6.07) is 9.45. The second-order valence-electron chi connectivity index (χ2n) is 5.60. The molecule has 0 saturated carbocycles. The molecule has 3 aromatic heterocycles. The van der Waals surface area contributed by atoms with E-state index >= 15 is 0 Å². The summed E-state index contributed by atoms with van der Waals surface area (Å²) in [6.45, 7) is 3.63. The molecule has 130 valence electrons. The standard InChI is InChI=1S/C16H13N7O2S/c1-9-7-10(2)22(21-9)15-13(23(24)25)14(17-8-18-15)20-16-19-11-5-3-4-6-12(11)26-16/h3-8H,1-2H3,(H,17,18,19,20). The van der Waals surface area contributed by atoms with E-state index in [1.54, 1.807) is 0 Å². The number of para-hydroxylation sites is 1. The molecule has 10 heteroatoms.